The molecule has 0 N–H and O–H groups in total. The van der Waals surface area contributed by atoms with Crippen molar-refractivity contribution in [2.75, 3.05) is 0 Å². The number of para-hydroxylation sites is 3. The van der Waals surface area contributed by atoms with Gasteiger partial charge in [0, 0.05) is 49.3 Å². The Balaban J connectivity index is 1.12. The van der Waals surface area contributed by atoms with Gasteiger partial charge < -0.3 is 9.13 Å². The average molecular weight is 740 g/mol. The first-order chi connectivity index (χ1) is 28.8. The Morgan fingerprint density at radius 2 is 0.828 bits per heavy atom. The summed E-state index contributed by atoms with van der Waals surface area (Å²) < 4.78 is 4.75. The fourth-order valence-electron chi connectivity index (χ4n) is 9.08. The van der Waals surface area contributed by atoms with Crippen molar-refractivity contribution in [1.82, 2.24) is 24.1 Å². The van der Waals surface area contributed by atoms with Crippen molar-refractivity contribution in [3.63, 3.8) is 0 Å². The second kappa shape index (κ2) is 12.8. The number of fused-ring (bicyclic) bond motifs is 9. The van der Waals surface area contributed by atoms with Crippen LogP contribution in [-0.4, -0.2) is 24.1 Å². The molecule has 5 nitrogen and oxygen atoms in total. The van der Waals surface area contributed by atoms with E-state index < -0.39 is 0 Å². The van der Waals surface area contributed by atoms with Crippen LogP contribution >= 0.6 is 0 Å². The molecule has 0 unspecified atom stereocenters. The number of hydrogen-bond acceptors (Lipinski definition) is 3. The standard InChI is InChI=1S/C53H33N5/c1-3-17-35(18-4-1)51-54-52(56-53(55-51)43-27-15-31-47-50(43)41-22-9-11-28-45(41)57(47)36-19-5-2-6-20-36)40-26-13-25-39-38(40)24-14-30-44(39)58-46-29-12-10-23-42(46)49-37-21-8-7-16-34(37)32-33-48(49)58/h1-33H. The highest BCUT2D eigenvalue weighted by atomic mass is 15.0. The summed E-state index contributed by atoms with van der Waals surface area (Å²) in [6.45, 7) is 0. The van der Waals surface area contributed by atoms with Gasteiger partial charge in [-0.05, 0) is 58.6 Å². The zero-order valence-corrected chi connectivity index (χ0v) is 31.3. The summed E-state index contributed by atoms with van der Waals surface area (Å²) >= 11 is 0. The first-order valence-electron chi connectivity index (χ1n) is 19.6. The van der Waals surface area contributed by atoms with Crippen LogP contribution in [0, 0.1) is 0 Å². The van der Waals surface area contributed by atoms with E-state index >= 15 is 0 Å². The SMILES string of the molecule is c1ccc(-c2nc(-c3cccc4c(-n5c6ccccc6c6c7ccccc7ccc65)cccc34)nc(-c3cccc4c3c3ccccc3n4-c3ccccc3)n2)cc1. The van der Waals surface area contributed by atoms with Crippen LogP contribution in [0.5, 0.6) is 0 Å². The fourth-order valence-corrected chi connectivity index (χ4v) is 9.08. The maximum absolute atomic E-state index is 5.38. The molecule has 270 valence electrons. The van der Waals surface area contributed by atoms with Gasteiger partial charge in [-0.3, -0.25) is 0 Å². The second-order valence-electron chi connectivity index (χ2n) is 14.8. The van der Waals surface area contributed by atoms with Gasteiger partial charge in [-0.15, -0.1) is 0 Å². The Morgan fingerprint density at radius 3 is 1.64 bits per heavy atom. The van der Waals surface area contributed by atoms with E-state index in [4.69, 9.17) is 15.0 Å². The quantitative estimate of drug-likeness (QED) is 0.177. The Kier molecular flexibility index (Phi) is 7.16. The highest BCUT2D eigenvalue weighted by Gasteiger charge is 2.21. The summed E-state index contributed by atoms with van der Waals surface area (Å²) in [5.41, 5.74) is 9.64. The molecule has 0 bridgehead atoms. The van der Waals surface area contributed by atoms with Gasteiger partial charge in [0.25, 0.3) is 0 Å². The van der Waals surface area contributed by atoms with Gasteiger partial charge in [-0.1, -0.05) is 158 Å². The van der Waals surface area contributed by atoms with Gasteiger partial charge >= 0.3 is 0 Å². The van der Waals surface area contributed by atoms with E-state index in [1.165, 1.54) is 32.6 Å². The molecule has 0 fully saturated rings. The van der Waals surface area contributed by atoms with E-state index in [9.17, 15) is 0 Å². The molecule has 0 atom stereocenters. The van der Waals surface area contributed by atoms with Gasteiger partial charge in [0.15, 0.2) is 17.5 Å². The van der Waals surface area contributed by atoms with Crippen molar-refractivity contribution < 1.29 is 0 Å². The highest BCUT2D eigenvalue weighted by Crippen LogP contribution is 2.41. The first kappa shape index (κ1) is 32.4. The van der Waals surface area contributed by atoms with Crippen molar-refractivity contribution in [3.05, 3.63) is 200 Å². The molecule has 12 rings (SSSR count). The second-order valence-corrected chi connectivity index (χ2v) is 14.8. The van der Waals surface area contributed by atoms with Crippen molar-refractivity contribution in [2.45, 2.75) is 0 Å². The molecule has 0 spiro atoms. The van der Waals surface area contributed by atoms with Crippen molar-refractivity contribution >= 4 is 65.2 Å². The highest BCUT2D eigenvalue weighted by molar-refractivity contribution is 6.22. The summed E-state index contributed by atoms with van der Waals surface area (Å²) in [6, 6.07) is 70.8. The first-order valence-corrected chi connectivity index (χ1v) is 19.6. The number of hydrogen-bond donors (Lipinski definition) is 0. The van der Waals surface area contributed by atoms with Crippen LogP contribution in [0.15, 0.2) is 200 Å². The number of benzene rings is 9. The molecule has 0 aliphatic carbocycles. The molecule has 3 aromatic heterocycles. The number of nitrogens with zero attached hydrogens (tertiary/aromatic N) is 5. The third kappa shape index (κ3) is 4.87. The van der Waals surface area contributed by atoms with Gasteiger partial charge in [-0.25, -0.2) is 15.0 Å². The Bertz CT molecular complexity index is 3560. The van der Waals surface area contributed by atoms with Gasteiger partial charge in [0.2, 0.25) is 0 Å². The predicted octanol–water partition coefficient (Wildman–Crippen LogP) is 13.4. The van der Waals surface area contributed by atoms with E-state index in [-0.39, 0.29) is 0 Å². The third-order valence-corrected chi connectivity index (χ3v) is 11.6. The molecule has 0 saturated carbocycles. The summed E-state index contributed by atoms with van der Waals surface area (Å²) in [5.74, 6) is 1.89. The molecule has 0 radical (unpaired) electrons. The minimum Gasteiger partial charge on any atom is -0.309 e. The molecule has 3 heterocycles. The van der Waals surface area contributed by atoms with E-state index in [0.29, 0.717) is 17.5 Å². The Morgan fingerprint density at radius 1 is 0.293 bits per heavy atom. The molecular weight excluding hydrogens is 707 g/mol. The molecule has 9 aromatic carbocycles. The van der Waals surface area contributed by atoms with Crippen LogP contribution in [0.2, 0.25) is 0 Å². The Labute approximate surface area is 333 Å². The van der Waals surface area contributed by atoms with Crippen LogP contribution < -0.4 is 0 Å². The minimum absolute atomic E-state index is 0.628. The Hall–Kier alpha value is -7.89. The summed E-state index contributed by atoms with van der Waals surface area (Å²) in [6.07, 6.45) is 0. The predicted molar refractivity (Wildman–Crippen MR) is 240 cm³/mol. The summed E-state index contributed by atoms with van der Waals surface area (Å²) in [5, 5.41) is 9.43. The monoisotopic (exact) mass is 739 g/mol. The van der Waals surface area contributed by atoms with E-state index in [0.717, 1.165) is 60.6 Å². The van der Waals surface area contributed by atoms with Crippen LogP contribution in [0.3, 0.4) is 0 Å². The topological polar surface area (TPSA) is 48.5 Å². The molecule has 12 aromatic rings. The van der Waals surface area contributed by atoms with E-state index in [2.05, 4.69) is 191 Å². The largest absolute Gasteiger partial charge is 0.309 e. The van der Waals surface area contributed by atoms with Crippen molar-refractivity contribution in [2.24, 2.45) is 0 Å². The minimum atomic E-state index is 0.628. The molecule has 0 saturated heterocycles. The van der Waals surface area contributed by atoms with Gasteiger partial charge in [0.1, 0.15) is 0 Å². The molecule has 5 heteroatoms. The average Bonchev–Trinajstić information content (AvgIpc) is 3.82. The van der Waals surface area contributed by atoms with E-state index in [1.807, 2.05) is 18.2 Å². The van der Waals surface area contributed by atoms with Gasteiger partial charge in [0.05, 0.1) is 27.8 Å². The lowest BCUT2D eigenvalue weighted by atomic mass is 10.0. The molecular formula is C53H33N5. The van der Waals surface area contributed by atoms with Crippen LogP contribution in [-0.2, 0) is 0 Å². The third-order valence-electron chi connectivity index (χ3n) is 11.6. The van der Waals surface area contributed by atoms with Crippen LogP contribution in [0.1, 0.15) is 0 Å². The van der Waals surface area contributed by atoms with E-state index in [1.54, 1.807) is 0 Å². The lowest BCUT2D eigenvalue weighted by Gasteiger charge is -2.15. The lowest BCUT2D eigenvalue weighted by molar-refractivity contribution is 1.08. The smallest absolute Gasteiger partial charge is 0.164 e. The number of rotatable bonds is 5. The summed E-state index contributed by atoms with van der Waals surface area (Å²) in [7, 11) is 0. The van der Waals surface area contributed by atoms with Crippen molar-refractivity contribution in [1.29, 1.82) is 0 Å². The maximum atomic E-state index is 5.38. The lowest BCUT2D eigenvalue weighted by Crippen LogP contribution is -2.01. The fraction of sp³-hybridized carbons (Fsp3) is 0. The van der Waals surface area contributed by atoms with Crippen molar-refractivity contribution in [3.8, 4) is 45.5 Å². The normalized spacial score (nSPS) is 11.8. The number of aromatic nitrogens is 5. The molecule has 0 aliphatic heterocycles. The van der Waals surface area contributed by atoms with Crippen LogP contribution in [0.25, 0.3) is 111 Å². The molecule has 0 aliphatic rings. The summed E-state index contributed by atoms with van der Waals surface area (Å²) in [4.78, 5) is 15.8. The molecule has 0 amide bonds. The van der Waals surface area contributed by atoms with Crippen LogP contribution in [0.4, 0.5) is 0 Å². The zero-order valence-electron chi connectivity index (χ0n) is 31.3. The zero-order chi connectivity index (χ0) is 38.2. The maximum Gasteiger partial charge on any atom is 0.164 e. The molecule has 58 heavy (non-hydrogen) atoms. The van der Waals surface area contributed by atoms with Gasteiger partial charge in [-0.2, -0.15) is 0 Å².